The van der Waals surface area contributed by atoms with Crippen LogP contribution in [0.2, 0.25) is 0 Å². The molecule has 0 aromatic heterocycles. The number of hydrogen-bond acceptors (Lipinski definition) is 1. The lowest BCUT2D eigenvalue weighted by atomic mass is 10.0. The molecule has 0 spiro atoms. The third kappa shape index (κ3) is 2.83. The van der Waals surface area contributed by atoms with Crippen molar-refractivity contribution in [2.45, 2.75) is 6.42 Å². The first-order chi connectivity index (χ1) is 10.2. The van der Waals surface area contributed by atoms with E-state index in [4.69, 9.17) is 11.6 Å². The Labute approximate surface area is 127 Å². The summed E-state index contributed by atoms with van der Waals surface area (Å²) in [6.07, 6.45) is 2.53. The Balaban J connectivity index is 2.02. The zero-order chi connectivity index (χ0) is 14.8. The summed E-state index contributed by atoms with van der Waals surface area (Å²) in [5, 5.41) is 2.83. The highest BCUT2D eigenvalue weighted by Crippen LogP contribution is 2.34. The molecule has 4 heteroatoms. The first-order valence-electron chi connectivity index (χ1n) is 6.65. The average Bonchev–Trinajstić information content (AvgIpc) is 2.78. The van der Waals surface area contributed by atoms with Crippen molar-refractivity contribution in [3.05, 3.63) is 65.0 Å². The second kappa shape index (κ2) is 5.70. The predicted molar refractivity (Wildman–Crippen MR) is 83.8 cm³/mol. The molecule has 1 heterocycles. The molecule has 0 bridgehead atoms. The quantitative estimate of drug-likeness (QED) is 0.671. The number of benzene rings is 2. The Kier molecular flexibility index (Phi) is 3.76. The van der Waals surface area contributed by atoms with Gasteiger partial charge in [0.2, 0.25) is 0 Å². The molecule has 1 amide bonds. The van der Waals surface area contributed by atoms with E-state index in [-0.39, 0.29) is 11.7 Å². The van der Waals surface area contributed by atoms with Crippen molar-refractivity contribution >= 4 is 34.8 Å². The molecule has 0 atom stereocenters. The van der Waals surface area contributed by atoms with E-state index >= 15 is 0 Å². The summed E-state index contributed by atoms with van der Waals surface area (Å²) in [7, 11) is 0. The molecule has 0 saturated carbocycles. The van der Waals surface area contributed by atoms with Crippen LogP contribution in [0, 0.1) is 5.82 Å². The smallest absolute Gasteiger partial charge is 0.256 e. The first-order valence-corrected chi connectivity index (χ1v) is 7.19. The van der Waals surface area contributed by atoms with Crippen molar-refractivity contribution in [2.75, 3.05) is 11.2 Å². The van der Waals surface area contributed by atoms with E-state index in [9.17, 15) is 9.18 Å². The van der Waals surface area contributed by atoms with Gasteiger partial charge in [0.05, 0.1) is 0 Å². The lowest BCUT2D eigenvalue weighted by Gasteiger charge is -2.03. The van der Waals surface area contributed by atoms with E-state index in [0.717, 1.165) is 28.8 Å². The minimum Gasteiger partial charge on any atom is -0.321 e. The highest BCUT2D eigenvalue weighted by Gasteiger charge is 2.24. The van der Waals surface area contributed by atoms with Gasteiger partial charge < -0.3 is 5.32 Å². The number of carbonyl (C=O) groups excluding carboxylic acids is 1. The fourth-order valence-corrected chi connectivity index (χ4v) is 2.59. The summed E-state index contributed by atoms with van der Waals surface area (Å²) < 4.78 is 12.9. The normalized spacial score (nSPS) is 15.1. The predicted octanol–water partition coefficient (Wildman–Crippen LogP) is 4.10. The lowest BCUT2D eigenvalue weighted by Crippen LogP contribution is -2.03. The van der Waals surface area contributed by atoms with Crippen LogP contribution in [-0.4, -0.2) is 11.8 Å². The van der Waals surface area contributed by atoms with Crippen LogP contribution in [0.25, 0.3) is 11.6 Å². The fourth-order valence-electron chi connectivity index (χ4n) is 2.37. The van der Waals surface area contributed by atoms with Gasteiger partial charge >= 0.3 is 0 Å². The summed E-state index contributed by atoms with van der Waals surface area (Å²) in [6, 6.07) is 11.9. The number of hydrogen-bond donors (Lipinski definition) is 1. The fraction of sp³-hybridized carbons (Fsp3) is 0.118. The molecular formula is C17H13ClFNO. The van der Waals surface area contributed by atoms with E-state index in [1.165, 1.54) is 12.1 Å². The van der Waals surface area contributed by atoms with Crippen LogP contribution in [0.4, 0.5) is 10.1 Å². The number of halogens is 2. The van der Waals surface area contributed by atoms with Crippen molar-refractivity contribution < 1.29 is 9.18 Å². The number of alkyl halides is 1. The van der Waals surface area contributed by atoms with Crippen LogP contribution in [0.15, 0.2) is 42.5 Å². The average molecular weight is 302 g/mol. The zero-order valence-electron chi connectivity index (χ0n) is 11.2. The summed E-state index contributed by atoms with van der Waals surface area (Å²) in [6.45, 7) is 0. The van der Waals surface area contributed by atoms with Gasteiger partial charge in [0.25, 0.3) is 5.91 Å². The molecule has 2 aromatic carbocycles. The van der Waals surface area contributed by atoms with Gasteiger partial charge in [-0.1, -0.05) is 18.2 Å². The second-order valence-electron chi connectivity index (χ2n) is 4.88. The molecule has 1 N–H and O–H groups in total. The molecule has 3 rings (SSSR count). The van der Waals surface area contributed by atoms with Crippen LogP contribution in [0.1, 0.15) is 16.7 Å². The maximum absolute atomic E-state index is 12.9. The molecule has 106 valence electrons. The van der Waals surface area contributed by atoms with Gasteiger partial charge in [0.15, 0.2) is 0 Å². The molecule has 1 aliphatic rings. The second-order valence-corrected chi connectivity index (χ2v) is 5.26. The van der Waals surface area contributed by atoms with Crippen molar-refractivity contribution in [3.8, 4) is 0 Å². The van der Waals surface area contributed by atoms with Crippen molar-refractivity contribution in [1.82, 2.24) is 0 Å². The van der Waals surface area contributed by atoms with Crippen LogP contribution >= 0.6 is 11.6 Å². The molecule has 0 radical (unpaired) electrons. The lowest BCUT2D eigenvalue weighted by molar-refractivity contribution is -0.110. The summed E-state index contributed by atoms with van der Waals surface area (Å²) in [4.78, 5) is 12.1. The molecule has 0 fully saturated rings. The van der Waals surface area contributed by atoms with E-state index in [0.29, 0.717) is 11.5 Å². The van der Waals surface area contributed by atoms with Gasteiger partial charge in [-0.25, -0.2) is 4.39 Å². The number of carbonyl (C=O) groups is 1. The monoisotopic (exact) mass is 301 g/mol. The van der Waals surface area contributed by atoms with Crippen LogP contribution in [-0.2, 0) is 11.2 Å². The molecule has 0 saturated heterocycles. The van der Waals surface area contributed by atoms with Gasteiger partial charge in [-0.05, 0) is 47.9 Å². The minimum absolute atomic E-state index is 0.141. The van der Waals surface area contributed by atoms with E-state index in [1.807, 2.05) is 18.2 Å². The van der Waals surface area contributed by atoms with Crippen LogP contribution in [0.5, 0.6) is 0 Å². The third-order valence-electron chi connectivity index (χ3n) is 3.43. The Bertz CT molecular complexity index is 722. The Morgan fingerprint density at radius 3 is 2.62 bits per heavy atom. The van der Waals surface area contributed by atoms with Gasteiger partial charge in [0, 0.05) is 22.7 Å². The SMILES string of the molecule is O=C1Nc2ccc(CCCl)cc2C1=Cc1ccc(F)cc1. The molecule has 1 aliphatic heterocycles. The number of fused-ring (bicyclic) bond motifs is 1. The van der Waals surface area contributed by atoms with Crippen LogP contribution < -0.4 is 5.32 Å². The van der Waals surface area contributed by atoms with Gasteiger partial charge in [-0.2, -0.15) is 0 Å². The standard InChI is InChI=1S/C17H13ClFNO/c18-8-7-12-3-6-16-14(9-12)15(17(21)20-16)10-11-1-4-13(19)5-2-11/h1-6,9-10H,7-8H2,(H,20,21). The number of aryl methyl sites for hydroxylation is 1. The molecule has 2 aromatic rings. The Morgan fingerprint density at radius 1 is 1.14 bits per heavy atom. The highest BCUT2D eigenvalue weighted by molar-refractivity contribution is 6.34. The number of amides is 1. The van der Waals surface area contributed by atoms with Crippen molar-refractivity contribution in [1.29, 1.82) is 0 Å². The van der Waals surface area contributed by atoms with Gasteiger partial charge in [-0.15, -0.1) is 11.6 Å². The molecule has 0 aliphatic carbocycles. The number of anilines is 1. The maximum Gasteiger partial charge on any atom is 0.256 e. The molecule has 21 heavy (non-hydrogen) atoms. The largest absolute Gasteiger partial charge is 0.321 e. The molecule has 2 nitrogen and oxygen atoms in total. The molecule has 0 unspecified atom stereocenters. The van der Waals surface area contributed by atoms with E-state index in [2.05, 4.69) is 5.32 Å². The first kappa shape index (κ1) is 13.8. The number of rotatable bonds is 3. The van der Waals surface area contributed by atoms with Crippen molar-refractivity contribution in [3.63, 3.8) is 0 Å². The van der Waals surface area contributed by atoms with Gasteiger partial charge in [-0.3, -0.25) is 4.79 Å². The zero-order valence-corrected chi connectivity index (χ0v) is 12.0. The molecular weight excluding hydrogens is 289 g/mol. The highest BCUT2D eigenvalue weighted by atomic mass is 35.5. The van der Waals surface area contributed by atoms with E-state index in [1.54, 1.807) is 18.2 Å². The maximum atomic E-state index is 12.9. The summed E-state index contributed by atoms with van der Waals surface area (Å²) in [5.74, 6) is 0.104. The summed E-state index contributed by atoms with van der Waals surface area (Å²) >= 11 is 5.76. The number of nitrogens with one attached hydrogen (secondary N) is 1. The van der Waals surface area contributed by atoms with Gasteiger partial charge in [0.1, 0.15) is 5.82 Å². The Hall–Kier alpha value is -2.13. The summed E-state index contributed by atoms with van der Waals surface area (Å²) in [5.41, 5.74) is 4.13. The van der Waals surface area contributed by atoms with Crippen LogP contribution in [0.3, 0.4) is 0 Å². The third-order valence-corrected chi connectivity index (χ3v) is 3.62. The Morgan fingerprint density at radius 2 is 1.90 bits per heavy atom. The topological polar surface area (TPSA) is 29.1 Å². The van der Waals surface area contributed by atoms with E-state index < -0.39 is 0 Å². The van der Waals surface area contributed by atoms with Crippen molar-refractivity contribution in [2.24, 2.45) is 0 Å². The minimum atomic E-state index is -0.294.